The maximum absolute atomic E-state index is 13.0. The smallest absolute Gasteiger partial charge is 0.410 e. The molecule has 0 spiro atoms. The molecular weight excluding hydrogens is 344 g/mol. The van der Waals surface area contributed by atoms with Crippen LogP contribution < -0.4 is 0 Å². The fourth-order valence-corrected chi connectivity index (χ4v) is 3.31. The van der Waals surface area contributed by atoms with Crippen LogP contribution >= 0.6 is 0 Å². The topological polar surface area (TPSA) is 63.0 Å². The number of hydrogen-bond acceptors (Lipinski definition) is 4. The van der Waals surface area contributed by atoms with Crippen molar-refractivity contribution >= 4 is 23.0 Å². The van der Waals surface area contributed by atoms with E-state index in [1.54, 1.807) is 9.80 Å². The van der Waals surface area contributed by atoms with Gasteiger partial charge in [0, 0.05) is 37.1 Å². The summed E-state index contributed by atoms with van der Waals surface area (Å²) in [5.74, 6) is 0.272. The zero-order valence-electron chi connectivity index (χ0n) is 16.8. The summed E-state index contributed by atoms with van der Waals surface area (Å²) in [7, 11) is 0. The fraction of sp³-hybridized carbons (Fsp3) is 0.524. The molecular formula is C21H28N2O4. The third-order valence-electron chi connectivity index (χ3n) is 4.72. The van der Waals surface area contributed by atoms with E-state index in [-0.39, 0.29) is 12.0 Å². The minimum absolute atomic E-state index is 0.118. The molecule has 1 fully saturated rings. The number of ether oxygens (including phenoxy) is 1. The zero-order chi connectivity index (χ0) is 19.8. The van der Waals surface area contributed by atoms with E-state index >= 15 is 0 Å². The van der Waals surface area contributed by atoms with Crippen LogP contribution in [-0.4, -0.2) is 53.6 Å². The van der Waals surface area contributed by atoms with Crippen LogP contribution in [0.15, 0.2) is 22.6 Å². The van der Waals surface area contributed by atoms with E-state index in [4.69, 9.17) is 9.15 Å². The van der Waals surface area contributed by atoms with E-state index < -0.39 is 5.60 Å². The Morgan fingerprint density at radius 1 is 1.04 bits per heavy atom. The minimum Gasteiger partial charge on any atom is -0.451 e. The van der Waals surface area contributed by atoms with Crippen molar-refractivity contribution < 1.29 is 18.7 Å². The average Bonchev–Trinajstić information content (AvgIpc) is 2.75. The second-order valence-electron chi connectivity index (χ2n) is 8.17. The van der Waals surface area contributed by atoms with Gasteiger partial charge in [0.15, 0.2) is 5.76 Å². The molecule has 6 heteroatoms. The van der Waals surface area contributed by atoms with Crippen LogP contribution in [0.1, 0.15) is 48.9 Å². The Kier molecular flexibility index (Phi) is 5.18. The molecule has 1 aromatic heterocycles. The second-order valence-corrected chi connectivity index (χ2v) is 8.17. The molecule has 0 bridgehead atoms. The Hall–Kier alpha value is -2.50. The molecule has 1 saturated heterocycles. The van der Waals surface area contributed by atoms with E-state index in [9.17, 15) is 9.59 Å². The molecule has 1 aliphatic rings. The quantitative estimate of drug-likeness (QED) is 0.755. The summed E-state index contributed by atoms with van der Waals surface area (Å²) in [6, 6.07) is 5.96. The van der Waals surface area contributed by atoms with Crippen molar-refractivity contribution in [1.29, 1.82) is 0 Å². The lowest BCUT2D eigenvalue weighted by molar-refractivity contribution is 0.0255. The predicted molar refractivity (Wildman–Crippen MR) is 104 cm³/mol. The molecule has 27 heavy (non-hydrogen) atoms. The van der Waals surface area contributed by atoms with Gasteiger partial charge in [-0.15, -0.1) is 0 Å². The summed E-state index contributed by atoms with van der Waals surface area (Å²) in [6.07, 6.45) is 0.385. The Labute approximate surface area is 160 Å². The molecule has 2 heterocycles. The van der Waals surface area contributed by atoms with Gasteiger partial charge in [-0.1, -0.05) is 12.1 Å². The standard InChI is InChI=1S/C21H28N2O4/c1-14-7-8-16-15(2)18(26-17(16)13-14)19(24)22-9-6-10-23(12-11-22)20(25)27-21(3,4)5/h7-8,13H,6,9-12H2,1-5H3. The van der Waals surface area contributed by atoms with Crippen molar-refractivity contribution in [2.45, 2.75) is 46.6 Å². The van der Waals surface area contributed by atoms with Gasteiger partial charge in [-0.2, -0.15) is 0 Å². The van der Waals surface area contributed by atoms with Crippen molar-refractivity contribution in [3.8, 4) is 0 Å². The number of aryl methyl sites for hydroxylation is 2. The highest BCUT2D eigenvalue weighted by atomic mass is 16.6. The molecule has 1 aromatic carbocycles. The van der Waals surface area contributed by atoms with Crippen molar-refractivity contribution in [2.24, 2.45) is 0 Å². The number of rotatable bonds is 1. The number of fused-ring (bicyclic) bond motifs is 1. The van der Waals surface area contributed by atoms with E-state index in [2.05, 4.69) is 0 Å². The molecule has 0 aliphatic carbocycles. The average molecular weight is 372 g/mol. The van der Waals surface area contributed by atoms with Gasteiger partial charge in [0.25, 0.3) is 5.91 Å². The molecule has 146 valence electrons. The first-order valence-corrected chi connectivity index (χ1v) is 9.42. The van der Waals surface area contributed by atoms with Crippen molar-refractivity contribution in [2.75, 3.05) is 26.2 Å². The molecule has 0 unspecified atom stereocenters. The summed E-state index contributed by atoms with van der Waals surface area (Å²) in [5.41, 5.74) is 2.17. The van der Waals surface area contributed by atoms with Gasteiger partial charge in [-0.05, 0) is 52.7 Å². The highest BCUT2D eigenvalue weighted by molar-refractivity contribution is 5.99. The number of amides is 2. The normalized spacial score (nSPS) is 15.7. The molecule has 0 saturated carbocycles. The number of benzene rings is 1. The van der Waals surface area contributed by atoms with Gasteiger partial charge in [0.05, 0.1) is 0 Å². The highest BCUT2D eigenvalue weighted by Gasteiger charge is 2.28. The van der Waals surface area contributed by atoms with E-state index in [0.717, 1.165) is 22.1 Å². The Balaban J connectivity index is 1.73. The molecule has 0 N–H and O–H groups in total. The van der Waals surface area contributed by atoms with Gasteiger partial charge < -0.3 is 19.0 Å². The van der Waals surface area contributed by atoms with Crippen LogP contribution in [0, 0.1) is 13.8 Å². The van der Waals surface area contributed by atoms with Gasteiger partial charge in [-0.25, -0.2) is 4.79 Å². The summed E-state index contributed by atoms with van der Waals surface area (Å²) < 4.78 is 11.3. The molecule has 3 rings (SSSR count). The van der Waals surface area contributed by atoms with E-state index in [1.165, 1.54) is 0 Å². The molecule has 6 nitrogen and oxygen atoms in total. The lowest BCUT2D eigenvalue weighted by atomic mass is 10.1. The zero-order valence-corrected chi connectivity index (χ0v) is 16.8. The third-order valence-corrected chi connectivity index (χ3v) is 4.72. The van der Waals surface area contributed by atoms with Crippen molar-refractivity contribution in [1.82, 2.24) is 9.80 Å². The first kappa shape index (κ1) is 19.3. The largest absolute Gasteiger partial charge is 0.451 e. The van der Waals surface area contributed by atoms with Crippen molar-refractivity contribution in [3.05, 3.63) is 35.1 Å². The lowest BCUT2D eigenvalue weighted by Crippen LogP contribution is -2.40. The first-order chi connectivity index (χ1) is 12.7. The lowest BCUT2D eigenvalue weighted by Gasteiger charge is -2.26. The Morgan fingerprint density at radius 2 is 1.70 bits per heavy atom. The number of hydrogen-bond donors (Lipinski definition) is 0. The second kappa shape index (κ2) is 7.25. The highest BCUT2D eigenvalue weighted by Crippen LogP contribution is 2.27. The summed E-state index contributed by atoms with van der Waals surface area (Å²) in [6.45, 7) is 11.6. The summed E-state index contributed by atoms with van der Waals surface area (Å²) in [4.78, 5) is 28.8. The predicted octanol–water partition coefficient (Wildman–Crippen LogP) is 4.13. The maximum atomic E-state index is 13.0. The number of nitrogens with zero attached hydrogens (tertiary/aromatic N) is 2. The number of carbonyl (C=O) groups is 2. The van der Waals surface area contributed by atoms with Crippen LogP contribution in [0.5, 0.6) is 0 Å². The summed E-state index contributed by atoms with van der Waals surface area (Å²) in [5, 5.41) is 0.967. The summed E-state index contributed by atoms with van der Waals surface area (Å²) >= 11 is 0. The van der Waals surface area contributed by atoms with Crippen LogP contribution in [0.2, 0.25) is 0 Å². The van der Waals surface area contributed by atoms with Crippen LogP contribution in [0.4, 0.5) is 4.79 Å². The SMILES string of the molecule is Cc1ccc2c(C)c(C(=O)N3CCCN(C(=O)OC(C)(C)C)CC3)oc2c1. The van der Waals surface area contributed by atoms with Gasteiger partial charge >= 0.3 is 6.09 Å². The monoisotopic (exact) mass is 372 g/mol. The third kappa shape index (κ3) is 4.26. The van der Waals surface area contributed by atoms with Crippen molar-refractivity contribution in [3.63, 3.8) is 0 Å². The van der Waals surface area contributed by atoms with Crippen LogP contribution in [0.3, 0.4) is 0 Å². The van der Waals surface area contributed by atoms with Crippen LogP contribution in [-0.2, 0) is 4.74 Å². The Morgan fingerprint density at radius 3 is 2.41 bits per heavy atom. The molecule has 1 aliphatic heterocycles. The van der Waals surface area contributed by atoms with Gasteiger partial charge in [-0.3, -0.25) is 4.79 Å². The first-order valence-electron chi connectivity index (χ1n) is 9.42. The number of furan rings is 1. The van der Waals surface area contributed by atoms with Gasteiger partial charge in [0.1, 0.15) is 11.2 Å². The number of carbonyl (C=O) groups excluding carboxylic acids is 2. The Bertz CT molecular complexity index is 863. The molecule has 0 atom stereocenters. The van der Waals surface area contributed by atoms with Gasteiger partial charge in [0.2, 0.25) is 0 Å². The fourth-order valence-electron chi connectivity index (χ4n) is 3.31. The van der Waals surface area contributed by atoms with E-state index in [1.807, 2.05) is 52.8 Å². The maximum Gasteiger partial charge on any atom is 0.410 e. The van der Waals surface area contributed by atoms with Crippen LogP contribution in [0.25, 0.3) is 11.0 Å². The van der Waals surface area contributed by atoms with E-state index in [0.29, 0.717) is 38.4 Å². The molecule has 0 radical (unpaired) electrons. The molecule has 2 amide bonds. The molecule has 2 aromatic rings. The minimum atomic E-state index is -0.525.